The van der Waals surface area contributed by atoms with Gasteiger partial charge >= 0.3 is 0 Å². The van der Waals surface area contributed by atoms with Crippen molar-refractivity contribution in [3.8, 4) is 11.4 Å². The maximum absolute atomic E-state index is 12.5. The molecule has 144 valence electrons. The summed E-state index contributed by atoms with van der Waals surface area (Å²) in [7, 11) is 2.10. The van der Waals surface area contributed by atoms with E-state index in [4.69, 9.17) is 4.52 Å². The maximum atomic E-state index is 12.5. The summed E-state index contributed by atoms with van der Waals surface area (Å²) in [5.74, 6) is 1.52. The van der Waals surface area contributed by atoms with Crippen molar-refractivity contribution in [3.05, 3.63) is 58.6 Å². The highest BCUT2D eigenvalue weighted by molar-refractivity contribution is 7.08. The molecule has 0 radical (unpaired) electrons. The molecule has 2 aliphatic rings. The lowest BCUT2D eigenvalue weighted by Gasteiger charge is -2.48. The van der Waals surface area contributed by atoms with Gasteiger partial charge in [0.15, 0.2) is 0 Å². The van der Waals surface area contributed by atoms with Crippen LogP contribution in [0.5, 0.6) is 0 Å². The van der Waals surface area contributed by atoms with Crippen molar-refractivity contribution in [2.75, 3.05) is 26.7 Å². The molecule has 2 aliphatic heterocycles. The number of likely N-dealkylation sites (tertiary alicyclic amines) is 2. The molecule has 0 N–H and O–H groups in total. The van der Waals surface area contributed by atoms with Gasteiger partial charge in [0.25, 0.3) is 0 Å². The van der Waals surface area contributed by atoms with E-state index in [0.717, 1.165) is 37.2 Å². The van der Waals surface area contributed by atoms with Crippen LogP contribution in [0.1, 0.15) is 23.9 Å². The van der Waals surface area contributed by atoms with E-state index in [0.29, 0.717) is 18.1 Å². The Morgan fingerprint density at radius 1 is 1.25 bits per heavy atom. The largest absolute Gasteiger partial charge is 0.341 e. The number of aromatic nitrogens is 2. The highest BCUT2D eigenvalue weighted by atomic mass is 32.1. The number of hydrogen-bond acceptors (Lipinski definition) is 6. The number of carbonyl (C=O) groups is 1. The standard InChI is InChI=1S/C21H22N4O2S/c1-24-12-21(13-25(14-21)18(26)9-15-7-8-28-11-15)10-17(24)20-22-19(23-27-20)16-5-3-2-4-6-16/h2-8,11,17H,9-10,12-14H2,1H3. The number of thiophene rings is 1. The second-order valence-electron chi connectivity index (χ2n) is 8.02. The van der Waals surface area contributed by atoms with Crippen molar-refractivity contribution < 1.29 is 9.32 Å². The van der Waals surface area contributed by atoms with Crippen molar-refractivity contribution in [2.24, 2.45) is 5.41 Å². The Bertz CT molecular complexity index is 963. The zero-order valence-electron chi connectivity index (χ0n) is 15.7. The molecule has 2 saturated heterocycles. The van der Waals surface area contributed by atoms with Crippen LogP contribution in [0.3, 0.4) is 0 Å². The summed E-state index contributed by atoms with van der Waals surface area (Å²) in [6.07, 6.45) is 1.45. The van der Waals surface area contributed by atoms with Crippen molar-refractivity contribution in [3.63, 3.8) is 0 Å². The lowest BCUT2D eigenvalue weighted by Crippen LogP contribution is -2.59. The van der Waals surface area contributed by atoms with Crippen LogP contribution in [0.15, 0.2) is 51.7 Å². The van der Waals surface area contributed by atoms with Gasteiger partial charge < -0.3 is 9.42 Å². The van der Waals surface area contributed by atoms with Crippen molar-refractivity contribution in [1.29, 1.82) is 0 Å². The molecule has 1 amide bonds. The fraction of sp³-hybridized carbons (Fsp3) is 0.381. The second-order valence-corrected chi connectivity index (χ2v) is 8.80. The Hall–Kier alpha value is -2.51. The topological polar surface area (TPSA) is 62.5 Å². The third kappa shape index (κ3) is 3.14. The monoisotopic (exact) mass is 394 g/mol. The number of carbonyl (C=O) groups excluding carboxylic acids is 1. The highest BCUT2D eigenvalue weighted by Gasteiger charge is 2.53. The third-order valence-electron chi connectivity index (χ3n) is 5.84. The lowest BCUT2D eigenvalue weighted by atomic mass is 9.77. The average molecular weight is 395 g/mol. The molecule has 0 saturated carbocycles. The Morgan fingerprint density at radius 3 is 2.82 bits per heavy atom. The lowest BCUT2D eigenvalue weighted by molar-refractivity contribution is -0.141. The summed E-state index contributed by atoms with van der Waals surface area (Å²) in [5, 5.41) is 8.23. The molecular weight excluding hydrogens is 372 g/mol. The second kappa shape index (κ2) is 6.83. The number of hydrogen-bond donors (Lipinski definition) is 0. The van der Waals surface area contributed by atoms with Gasteiger partial charge in [-0.3, -0.25) is 9.69 Å². The Labute approximate surface area is 167 Å². The normalized spacial score (nSPS) is 21.2. The van der Waals surface area contributed by atoms with E-state index in [1.54, 1.807) is 11.3 Å². The van der Waals surface area contributed by atoms with Crippen molar-refractivity contribution in [1.82, 2.24) is 19.9 Å². The van der Waals surface area contributed by atoms with Crippen LogP contribution < -0.4 is 0 Å². The number of nitrogens with zero attached hydrogens (tertiary/aromatic N) is 4. The summed E-state index contributed by atoms with van der Waals surface area (Å²) in [4.78, 5) is 21.4. The number of benzene rings is 1. The average Bonchev–Trinajstić information content (AvgIpc) is 3.40. The van der Waals surface area contributed by atoms with Gasteiger partial charge in [-0.2, -0.15) is 16.3 Å². The molecule has 2 fully saturated rings. The first-order valence-electron chi connectivity index (χ1n) is 9.50. The predicted octanol–water partition coefficient (Wildman–Crippen LogP) is 3.25. The van der Waals surface area contributed by atoms with Crippen LogP contribution in [0.4, 0.5) is 0 Å². The summed E-state index contributed by atoms with van der Waals surface area (Å²) < 4.78 is 5.60. The number of rotatable bonds is 4. The van der Waals surface area contributed by atoms with Crippen LogP contribution in [0.2, 0.25) is 0 Å². The fourth-order valence-electron chi connectivity index (χ4n) is 4.47. The quantitative estimate of drug-likeness (QED) is 0.680. The van der Waals surface area contributed by atoms with Crippen LogP contribution in [-0.4, -0.2) is 52.5 Å². The molecule has 1 spiro atoms. The molecular formula is C21H22N4O2S. The predicted molar refractivity (Wildman–Crippen MR) is 107 cm³/mol. The van der Waals surface area contributed by atoms with E-state index >= 15 is 0 Å². The van der Waals surface area contributed by atoms with Gasteiger partial charge in [-0.15, -0.1) is 0 Å². The first kappa shape index (κ1) is 17.6. The highest BCUT2D eigenvalue weighted by Crippen LogP contribution is 2.47. The van der Waals surface area contributed by atoms with Crippen molar-refractivity contribution >= 4 is 17.2 Å². The minimum absolute atomic E-state index is 0.110. The third-order valence-corrected chi connectivity index (χ3v) is 6.57. The Kier molecular flexibility index (Phi) is 4.29. The fourth-order valence-corrected chi connectivity index (χ4v) is 5.14. The maximum Gasteiger partial charge on any atom is 0.244 e. The minimum atomic E-state index is 0.110. The molecule has 4 heterocycles. The molecule has 6 nitrogen and oxygen atoms in total. The zero-order valence-corrected chi connectivity index (χ0v) is 16.6. The SMILES string of the molecule is CN1CC2(CC1c1nc(-c3ccccc3)no1)CN(C(=O)Cc1ccsc1)C2. The van der Waals surface area contributed by atoms with Gasteiger partial charge in [0, 0.05) is 30.6 Å². The van der Waals surface area contributed by atoms with Crippen LogP contribution in [-0.2, 0) is 11.2 Å². The molecule has 1 aromatic carbocycles. The van der Waals surface area contributed by atoms with E-state index in [1.807, 2.05) is 52.1 Å². The molecule has 3 aromatic rings. The smallest absolute Gasteiger partial charge is 0.244 e. The van der Waals surface area contributed by atoms with Gasteiger partial charge in [0.2, 0.25) is 17.6 Å². The summed E-state index contributed by atoms with van der Waals surface area (Å²) in [6.45, 7) is 2.58. The molecule has 0 aliphatic carbocycles. The first-order chi connectivity index (χ1) is 13.6. The zero-order chi connectivity index (χ0) is 19.1. The van der Waals surface area contributed by atoms with E-state index in [1.165, 1.54) is 0 Å². The molecule has 5 rings (SSSR count). The van der Waals surface area contributed by atoms with E-state index in [9.17, 15) is 4.79 Å². The summed E-state index contributed by atoms with van der Waals surface area (Å²) in [6, 6.07) is 12.0. The molecule has 1 atom stereocenters. The van der Waals surface area contributed by atoms with Crippen molar-refractivity contribution in [2.45, 2.75) is 18.9 Å². The minimum Gasteiger partial charge on any atom is -0.341 e. The first-order valence-corrected chi connectivity index (χ1v) is 10.4. The van der Waals surface area contributed by atoms with Crippen LogP contribution in [0.25, 0.3) is 11.4 Å². The van der Waals surface area contributed by atoms with Gasteiger partial charge in [-0.1, -0.05) is 35.5 Å². The van der Waals surface area contributed by atoms with E-state index in [2.05, 4.69) is 22.1 Å². The van der Waals surface area contributed by atoms with Crippen LogP contribution in [0, 0.1) is 5.41 Å². The molecule has 28 heavy (non-hydrogen) atoms. The van der Waals surface area contributed by atoms with Gasteiger partial charge in [-0.05, 0) is 35.9 Å². The van der Waals surface area contributed by atoms with Gasteiger partial charge in [0.05, 0.1) is 12.5 Å². The molecule has 1 unspecified atom stereocenters. The van der Waals surface area contributed by atoms with Crippen LogP contribution >= 0.6 is 11.3 Å². The molecule has 0 bridgehead atoms. The van der Waals surface area contributed by atoms with Gasteiger partial charge in [0.1, 0.15) is 0 Å². The summed E-state index contributed by atoms with van der Waals surface area (Å²) in [5.41, 5.74) is 2.21. The molecule has 7 heteroatoms. The van der Waals surface area contributed by atoms with Gasteiger partial charge in [-0.25, -0.2) is 0 Å². The Balaban J connectivity index is 1.24. The van der Waals surface area contributed by atoms with E-state index in [-0.39, 0.29) is 17.4 Å². The molecule has 2 aromatic heterocycles. The van der Waals surface area contributed by atoms with E-state index < -0.39 is 0 Å². The Morgan fingerprint density at radius 2 is 2.07 bits per heavy atom. The summed E-state index contributed by atoms with van der Waals surface area (Å²) >= 11 is 1.64. The number of amides is 1.